The van der Waals surface area contributed by atoms with E-state index >= 15 is 0 Å². The minimum absolute atomic E-state index is 0.0253. The third-order valence-electron chi connectivity index (χ3n) is 2.68. The minimum atomic E-state index is -4.43. The van der Waals surface area contributed by atoms with Crippen molar-refractivity contribution >= 4 is 16.7 Å². The van der Waals surface area contributed by atoms with Crippen LogP contribution in [0.4, 0.5) is 13.2 Å². The Labute approximate surface area is 95.4 Å². The lowest BCUT2D eigenvalue weighted by molar-refractivity contribution is -0.136. The van der Waals surface area contributed by atoms with Gasteiger partial charge in [-0.05, 0) is 19.9 Å². The highest BCUT2D eigenvalue weighted by Crippen LogP contribution is 2.36. The zero-order valence-electron chi connectivity index (χ0n) is 9.27. The number of aromatic amines is 1. The number of carbonyl (C=O) groups is 1. The molecule has 1 heterocycles. The number of halogens is 3. The predicted octanol–water partition coefficient (Wildman–Crippen LogP) is 3.70. The Kier molecular flexibility index (Phi) is 2.49. The van der Waals surface area contributed by atoms with Crippen molar-refractivity contribution in [1.29, 1.82) is 0 Å². The van der Waals surface area contributed by atoms with E-state index in [9.17, 15) is 18.0 Å². The van der Waals surface area contributed by atoms with E-state index in [-0.39, 0.29) is 11.3 Å². The van der Waals surface area contributed by atoms with Gasteiger partial charge in [0.05, 0.1) is 11.1 Å². The number of rotatable bonds is 1. The second-order valence-corrected chi connectivity index (χ2v) is 3.91. The van der Waals surface area contributed by atoms with Gasteiger partial charge in [-0.3, -0.25) is 4.79 Å². The molecule has 0 radical (unpaired) electrons. The lowest BCUT2D eigenvalue weighted by atomic mass is 10.1. The summed E-state index contributed by atoms with van der Waals surface area (Å²) in [4.78, 5) is 14.0. The smallest absolute Gasteiger partial charge is 0.358 e. The van der Waals surface area contributed by atoms with Crippen LogP contribution in [-0.2, 0) is 6.18 Å². The molecule has 0 fully saturated rings. The van der Waals surface area contributed by atoms with Crippen molar-refractivity contribution in [2.75, 3.05) is 0 Å². The van der Waals surface area contributed by atoms with Crippen LogP contribution in [0.1, 0.15) is 28.5 Å². The van der Waals surface area contributed by atoms with Crippen LogP contribution in [0.15, 0.2) is 18.2 Å². The number of aromatic nitrogens is 1. The quantitative estimate of drug-likeness (QED) is 0.758. The second-order valence-electron chi connectivity index (χ2n) is 3.91. The van der Waals surface area contributed by atoms with Crippen LogP contribution < -0.4 is 0 Å². The summed E-state index contributed by atoms with van der Waals surface area (Å²) in [6.07, 6.45) is -4.43. The number of benzene rings is 1. The van der Waals surface area contributed by atoms with E-state index in [1.54, 1.807) is 6.92 Å². The first-order valence-electron chi connectivity index (χ1n) is 5.02. The topological polar surface area (TPSA) is 32.9 Å². The zero-order valence-corrected chi connectivity index (χ0v) is 9.27. The van der Waals surface area contributed by atoms with E-state index in [0.29, 0.717) is 16.6 Å². The second kappa shape index (κ2) is 3.61. The van der Waals surface area contributed by atoms with E-state index in [2.05, 4.69) is 4.98 Å². The first-order chi connectivity index (χ1) is 7.82. The summed E-state index contributed by atoms with van der Waals surface area (Å²) in [6, 6.07) is 3.83. The molecule has 0 amide bonds. The average molecular weight is 241 g/mol. The first kappa shape index (κ1) is 11.7. The molecule has 1 aromatic heterocycles. The van der Waals surface area contributed by atoms with E-state index in [4.69, 9.17) is 0 Å². The molecular formula is C12H10F3NO. The lowest BCUT2D eigenvalue weighted by Gasteiger charge is -2.07. The molecule has 0 atom stereocenters. The van der Waals surface area contributed by atoms with Crippen LogP contribution in [0, 0.1) is 6.92 Å². The Morgan fingerprint density at radius 3 is 2.47 bits per heavy atom. The molecule has 1 aromatic carbocycles. The molecule has 2 rings (SSSR count). The maximum Gasteiger partial charge on any atom is 0.418 e. The molecule has 5 heteroatoms. The molecule has 0 spiro atoms. The number of fused-ring (bicyclic) bond motifs is 1. The summed E-state index contributed by atoms with van der Waals surface area (Å²) in [7, 11) is 0. The molecule has 2 aromatic rings. The SMILES string of the molecule is CC(=O)c1c(C)[nH]c2c(C(F)(F)F)cccc12. The maximum absolute atomic E-state index is 12.8. The van der Waals surface area contributed by atoms with Gasteiger partial charge in [0.1, 0.15) is 0 Å². The molecule has 2 nitrogen and oxygen atoms in total. The van der Waals surface area contributed by atoms with Crippen LogP contribution in [0.3, 0.4) is 0 Å². The normalized spacial score (nSPS) is 12.1. The third-order valence-corrected chi connectivity index (χ3v) is 2.68. The number of nitrogens with one attached hydrogen (secondary N) is 1. The highest BCUT2D eigenvalue weighted by Gasteiger charge is 2.33. The zero-order chi connectivity index (χ0) is 12.8. The van der Waals surface area contributed by atoms with E-state index in [1.807, 2.05) is 0 Å². The van der Waals surface area contributed by atoms with E-state index in [1.165, 1.54) is 19.1 Å². The molecule has 90 valence electrons. The van der Waals surface area contributed by atoms with Crippen LogP contribution >= 0.6 is 0 Å². The molecular weight excluding hydrogens is 231 g/mol. The van der Waals surface area contributed by atoms with Gasteiger partial charge in [-0.1, -0.05) is 12.1 Å². The van der Waals surface area contributed by atoms with Crippen molar-refractivity contribution in [2.45, 2.75) is 20.0 Å². The third kappa shape index (κ3) is 1.81. The van der Waals surface area contributed by atoms with Gasteiger partial charge in [-0.2, -0.15) is 13.2 Å². The number of H-pyrrole nitrogens is 1. The van der Waals surface area contributed by atoms with Gasteiger partial charge < -0.3 is 4.98 Å². The molecule has 17 heavy (non-hydrogen) atoms. The molecule has 0 unspecified atom stereocenters. The average Bonchev–Trinajstić information content (AvgIpc) is 2.51. The Bertz CT molecular complexity index is 596. The van der Waals surface area contributed by atoms with E-state index in [0.717, 1.165) is 6.07 Å². The Morgan fingerprint density at radius 1 is 1.29 bits per heavy atom. The van der Waals surface area contributed by atoms with Crippen molar-refractivity contribution < 1.29 is 18.0 Å². The number of Topliss-reactive ketones (excluding diaryl/α,β-unsaturated/α-hetero) is 1. The van der Waals surface area contributed by atoms with Crippen molar-refractivity contribution in [2.24, 2.45) is 0 Å². The summed E-state index contributed by atoms with van der Waals surface area (Å²) in [6.45, 7) is 2.94. The van der Waals surface area contributed by atoms with Gasteiger partial charge in [0.15, 0.2) is 5.78 Å². The molecule has 0 saturated carbocycles. The largest absolute Gasteiger partial charge is 0.418 e. The molecule has 0 aliphatic heterocycles. The van der Waals surface area contributed by atoms with Crippen LogP contribution in [0.2, 0.25) is 0 Å². The van der Waals surface area contributed by atoms with Gasteiger partial charge in [0, 0.05) is 16.6 Å². The van der Waals surface area contributed by atoms with Crippen LogP contribution in [-0.4, -0.2) is 10.8 Å². The molecule has 0 aliphatic carbocycles. The monoisotopic (exact) mass is 241 g/mol. The molecule has 1 N–H and O–H groups in total. The number of alkyl halides is 3. The van der Waals surface area contributed by atoms with E-state index < -0.39 is 11.7 Å². The lowest BCUT2D eigenvalue weighted by Crippen LogP contribution is -2.05. The van der Waals surface area contributed by atoms with Crippen LogP contribution in [0.25, 0.3) is 10.9 Å². The molecule has 0 saturated heterocycles. The molecule has 0 aliphatic rings. The summed E-state index contributed by atoms with van der Waals surface area (Å²) >= 11 is 0. The van der Waals surface area contributed by atoms with Crippen LogP contribution in [0.5, 0.6) is 0 Å². The number of aryl methyl sites for hydroxylation is 1. The summed E-state index contributed by atoms with van der Waals surface area (Å²) in [5, 5.41) is 0.324. The van der Waals surface area contributed by atoms with Gasteiger partial charge >= 0.3 is 6.18 Å². The number of ketones is 1. The maximum atomic E-state index is 12.8. The Hall–Kier alpha value is -1.78. The number of carbonyl (C=O) groups excluding carboxylic acids is 1. The van der Waals surface area contributed by atoms with Gasteiger partial charge in [0.25, 0.3) is 0 Å². The number of hydrogen-bond donors (Lipinski definition) is 1. The van der Waals surface area contributed by atoms with Crippen molar-refractivity contribution in [1.82, 2.24) is 4.98 Å². The highest BCUT2D eigenvalue weighted by atomic mass is 19.4. The van der Waals surface area contributed by atoms with Crippen molar-refractivity contribution in [3.8, 4) is 0 Å². The van der Waals surface area contributed by atoms with Crippen molar-refractivity contribution in [3.63, 3.8) is 0 Å². The number of para-hydroxylation sites is 1. The summed E-state index contributed by atoms with van der Waals surface area (Å²) in [5.74, 6) is -0.243. The highest BCUT2D eigenvalue weighted by molar-refractivity contribution is 6.08. The fraction of sp³-hybridized carbons (Fsp3) is 0.250. The predicted molar refractivity (Wildman–Crippen MR) is 58.0 cm³/mol. The molecule has 0 bridgehead atoms. The standard InChI is InChI=1S/C12H10F3NO/c1-6-10(7(2)17)8-4-3-5-9(11(8)16-6)12(13,14)15/h3-5,16H,1-2H3. The first-order valence-corrected chi connectivity index (χ1v) is 5.02. The fourth-order valence-corrected chi connectivity index (χ4v) is 2.04. The summed E-state index contributed by atoms with van der Waals surface area (Å²) in [5.41, 5.74) is 0.0172. The van der Waals surface area contributed by atoms with Gasteiger partial charge in [-0.15, -0.1) is 0 Å². The number of hydrogen-bond acceptors (Lipinski definition) is 1. The Morgan fingerprint density at radius 2 is 1.94 bits per heavy atom. The van der Waals surface area contributed by atoms with Gasteiger partial charge in [-0.25, -0.2) is 0 Å². The fourth-order valence-electron chi connectivity index (χ4n) is 2.04. The summed E-state index contributed by atoms with van der Waals surface area (Å²) < 4.78 is 38.3. The minimum Gasteiger partial charge on any atom is -0.358 e. The van der Waals surface area contributed by atoms with Gasteiger partial charge in [0.2, 0.25) is 0 Å². The van der Waals surface area contributed by atoms with Crippen molar-refractivity contribution in [3.05, 3.63) is 35.0 Å². The Balaban J connectivity index is 2.85.